The number of carbonyl (C=O) groups is 1. The molecule has 5 heteroatoms. The van der Waals surface area contributed by atoms with E-state index < -0.39 is 0 Å². The number of hydrogen-bond donors (Lipinski definition) is 1. The molecule has 0 fully saturated rings. The molecule has 1 aromatic carbocycles. The molecule has 100 valence electrons. The third-order valence-electron chi connectivity index (χ3n) is 2.97. The van der Waals surface area contributed by atoms with Crippen LogP contribution in [0.5, 0.6) is 0 Å². The van der Waals surface area contributed by atoms with Crippen LogP contribution >= 0.6 is 0 Å². The first-order chi connectivity index (χ1) is 9.72. The number of nitrogens with zero attached hydrogens (tertiary/aromatic N) is 2. The second-order valence-corrected chi connectivity index (χ2v) is 4.43. The highest BCUT2D eigenvalue weighted by atomic mass is 19.1. The Balaban J connectivity index is 1.74. The smallest absolute Gasteiger partial charge is 0.231 e. The molecule has 1 N–H and O–H groups in total. The highest BCUT2D eigenvalue weighted by molar-refractivity contribution is 5.91. The molecule has 2 aromatic heterocycles. The normalized spacial score (nSPS) is 10.7. The fraction of sp³-hybridized carbons (Fsp3) is 0.0667. The number of aromatic nitrogens is 2. The van der Waals surface area contributed by atoms with E-state index >= 15 is 0 Å². The van der Waals surface area contributed by atoms with E-state index in [0.717, 1.165) is 11.1 Å². The number of amides is 1. The molecule has 0 aliphatic rings. The van der Waals surface area contributed by atoms with Crippen LogP contribution in [0, 0.1) is 5.82 Å². The molecule has 0 radical (unpaired) electrons. The minimum atomic E-state index is -0.312. The van der Waals surface area contributed by atoms with Crippen molar-refractivity contribution in [2.75, 3.05) is 5.32 Å². The van der Waals surface area contributed by atoms with Gasteiger partial charge in [0.2, 0.25) is 11.9 Å². The van der Waals surface area contributed by atoms with Gasteiger partial charge >= 0.3 is 0 Å². The average molecular weight is 269 g/mol. The molecule has 0 aliphatic heterocycles. The number of carbonyl (C=O) groups excluding carboxylic acids is 1. The highest BCUT2D eigenvalue weighted by Crippen LogP contribution is 2.11. The van der Waals surface area contributed by atoms with E-state index in [4.69, 9.17) is 0 Å². The maximum Gasteiger partial charge on any atom is 0.231 e. The van der Waals surface area contributed by atoms with E-state index in [0.29, 0.717) is 5.95 Å². The first-order valence-corrected chi connectivity index (χ1v) is 6.19. The molecule has 0 atom stereocenters. The van der Waals surface area contributed by atoms with Crippen LogP contribution < -0.4 is 5.32 Å². The van der Waals surface area contributed by atoms with Gasteiger partial charge in [-0.2, -0.15) is 0 Å². The summed E-state index contributed by atoms with van der Waals surface area (Å²) in [6.45, 7) is 0. The molecule has 0 saturated heterocycles. The van der Waals surface area contributed by atoms with Crippen LogP contribution in [-0.4, -0.2) is 15.3 Å². The van der Waals surface area contributed by atoms with Gasteiger partial charge in [0.15, 0.2) is 0 Å². The second-order valence-electron chi connectivity index (χ2n) is 4.43. The molecule has 20 heavy (non-hydrogen) atoms. The summed E-state index contributed by atoms with van der Waals surface area (Å²) in [4.78, 5) is 16.1. The van der Waals surface area contributed by atoms with Crippen LogP contribution in [0.2, 0.25) is 0 Å². The molecule has 0 saturated carbocycles. The van der Waals surface area contributed by atoms with Gasteiger partial charge in [-0.1, -0.05) is 18.2 Å². The second kappa shape index (κ2) is 5.13. The van der Waals surface area contributed by atoms with E-state index in [1.54, 1.807) is 22.7 Å². The molecule has 0 bridgehead atoms. The Morgan fingerprint density at radius 2 is 2.00 bits per heavy atom. The van der Waals surface area contributed by atoms with Crippen molar-refractivity contribution in [3.8, 4) is 0 Å². The van der Waals surface area contributed by atoms with Gasteiger partial charge in [0, 0.05) is 6.20 Å². The van der Waals surface area contributed by atoms with Crippen molar-refractivity contribution in [1.82, 2.24) is 9.38 Å². The van der Waals surface area contributed by atoms with Gasteiger partial charge in [-0.25, -0.2) is 9.37 Å². The van der Waals surface area contributed by atoms with Crippen LogP contribution in [0.3, 0.4) is 0 Å². The standard InChI is InChI=1S/C15H12FN3O/c16-12-6-4-11(5-7-12)9-14(20)18-15-17-10-13-3-1-2-8-19(13)15/h1-8,10H,9H2,(H,17,18,20). The Labute approximate surface area is 114 Å². The summed E-state index contributed by atoms with van der Waals surface area (Å²) in [5, 5.41) is 2.75. The summed E-state index contributed by atoms with van der Waals surface area (Å²) in [6.07, 6.45) is 3.70. The Kier molecular flexibility index (Phi) is 3.16. The summed E-state index contributed by atoms with van der Waals surface area (Å²) in [7, 11) is 0. The van der Waals surface area contributed by atoms with Gasteiger partial charge in [0.05, 0.1) is 18.1 Å². The zero-order valence-electron chi connectivity index (χ0n) is 10.6. The number of imidazole rings is 1. The van der Waals surface area contributed by atoms with Crippen molar-refractivity contribution < 1.29 is 9.18 Å². The minimum absolute atomic E-state index is 0.183. The molecule has 2 heterocycles. The van der Waals surface area contributed by atoms with E-state index in [1.165, 1.54) is 12.1 Å². The van der Waals surface area contributed by atoms with Crippen molar-refractivity contribution in [2.24, 2.45) is 0 Å². The van der Waals surface area contributed by atoms with E-state index in [9.17, 15) is 9.18 Å². The Morgan fingerprint density at radius 1 is 1.20 bits per heavy atom. The number of benzene rings is 1. The number of fused-ring (bicyclic) bond motifs is 1. The van der Waals surface area contributed by atoms with Crippen LogP contribution in [0.25, 0.3) is 5.52 Å². The summed E-state index contributed by atoms with van der Waals surface area (Å²) in [5.41, 5.74) is 1.66. The Morgan fingerprint density at radius 3 is 2.80 bits per heavy atom. The number of nitrogens with one attached hydrogen (secondary N) is 1. The van der Waals surface area contributed by atoms with Gasteiger partial charge in [-0.3, -0.25) is 14.5 Å². The van der Waals surface area contributed by atoms with Crippen LogP contribution in [0.15, 0.2) is 54.9 Å². The molecule has 3 aromatic rings. The maximum absolute atomic E-state index is 12.8. The lowest BCUT2D eigenvalue weighted by atomic mass is 10.1. The Bertz CT molecular complexity index is 749. The molecule has 0 unspecified atom stereocenters. The summed E-state index contributed by atoms with van der Waals surface area (Å²) >= 11 is 0. The van der Waals surface area contributed by atoms with Gasteiger partial charge < -0.3 is 0 Å². The van der Waals surface area contributed by atoms with Crippen LogP contribution in [-0.2, 0) is 11.2 Å². The SMILES string of the molecule is O=C(Cc1ccc(F)cc1)Nc1ncc2ccccn12. The van der Waals surface area contributed by atoms with Crippen molar-refractivity contribution in [3.63, 3.8) is 0 Å². The van der Waals surface area contributed by atoms with E-state index in [2.05, 4.69) is 10.3 Å². The molecule has 4 nitrogen and oxygen atoms in total. The molecule has 0 spiro atoms. The van der Waals surface area contributed by atoms with Gasteiger partial charge in [-0.15, -0.1) is 0 Å². The lowest BCUT2D eigenvalue weighted by Gasteiger charge is -2.04. The highest BCUT2D eigenvalue weighted by Gasteiger charge is 2.08. The average Bonchev–Trinajstić information content (AvgIpc) is 2.85. The number of rotatable bonds is 3. The van der Waals surface area contributed by atoms with Crippen LogP contribution in [0.4, 0.5) is 10.3 Å². The number of anilines is 1. The molecule has 3 rings (SSSR count). The fourth-order valence-electron chi connectivity index (χ4n) is 1.99. The third kappa shape index (κ3) is 2.51. The number of hydrogen-bond acceptors (Lipinski definition) is 2. The largest absolute Gasteiger partial charge is 0.295 e. The zero-order valence-corrected chi connectivity index (χ0v) is 10.6. The van der Waals surface area contributed by atoms with E-state index in [1.807, 2.05) is 24.4 Å². The van der Waals surface area contributed by atoms with Crippen molar-refractivity contribution >= 4 is 17.4 Å². The third-order valence-corrected chi connectivity index (χ3v) is 2.97. The predicted octanol–water partition coefficient (Wildman–Crippen LogP) is 2.65. The lowest BCUT2D eigenvalue weighted by Crippen LogP contribution is -2.16. The van der Waals surface area contributed by atoms with Crippen LogP contribution in [0.1, 0.15) is 5.56 Å². The van der Waals surface area contributed by atoms with Crippen molar-refractivity contribution in [3.05, 3.63) is 66.2 Å². The maximum atomic E-state index is 12.8. The first kappa shape index (κ1) is 12.3. The van der Waals surface area contributed by atoms with Crippen molar-refractivity contribution in [2.45, 2.75) is 6.42 Å². The fourth-order valence-corrected chi connectivity index (χ4v) is 1.99. The lowest BCUT2D eigenvalue weighted by molar-refractivity contribution is -0.115. The number of halogens is 1. The number of pyridine rings is 1. The molecular weight excluding hydrogens is 257 g/mol. The summed E-state index contributed by atoms with van der Waals surface area (Å²) in [6, 6.07) is 11.5. The first-order valence-electron chi connectivity index (χ1n) is 6.19. The minimum Gasteiger partial charge on any atom is -0.295 e. The molecule has 0 aliphatic carbocycles. The molecule has 1 amide bonds. The molecular formula is C15H12FN3O. The summed E-state index contributed by atoms with van der Waals surface area (Å²) in [5.74, 6) is -0.0194. The Hall–Kier alpha value is -2.69. The zero-order chi connectivity index (χ0) is 13.9. The summed E-state index contributed by atoms with van der Waals surface area (Å²) < 4.78 is 14.6. The van der Waals surface area contributed by atoms with Gasteiger partial charge in [-0.05, 0) is 29.8 Å². The van der Waals surface area contributed by atoms with Gasteiger partial charge in [0.1, 0.15) is 5.82 Å². The monoisotopic (exact) mass is 269 g/mol. The van der Waals surface area contributed by atoms with Gasteiger partial charge in [0.25, 0.3) is 0 Å². The predicted molar refractivity (Wildman–Crippen MR) is 73.9 cm³/mol. The van der Waals surface area contributed by atoms with E-state index in [-0.39, 0.29) is 18.1 Å². The van der Waals surface area contributed by atoms with Crippen molar-refractivity contribution in [1.29, 1.82) is 0 Å². The quantitative estimate of drug-likeness (QED) is 0.794. The topological polar surface area (TPSA) is 46.4 Å².